The van der Waals surface area contributed by atoms with Crippen LogP contribution < -0.4 is 10.2 Å². The standard InChI is InChI=1S/C14H19N3/c1-15-8-5-9-17(2)13-10-12-6-3-4-7-14(12)16-11-13/h3-4,6-7,10-11,15H,5,8-9H2,1-2H3. The van der Waals surface area contributed by atoms with E-state index >= 15 is 0 Å². The van der Waals surface area contributed by atoms with Gasteiger partial charge in [0.05, 0.1) is 17.4 Å². The number of aromatic nitrogens is 1. The lowest BCUT2D eigenvalue weighted by Crippen LogP contribution is -2.22. The lowest BCUT2D eigenvalue weighted by Gasteiger charge is -2.19. The van der Waals surface area contributed by atoms with Crippen LogP contribution in [0.4, 0.5) is 5.69 Å². The molecule has 0 unspecified atom stereocenters. The van der Waals surface area contributed by atoms with Gasteiger partial charge in [-0.2, -0.15) is 0 Å². The van der Waals surface area contributed by atoms with Crippen LogP contribution in [0, 0.1) is 0 Å². The Hall–Kier alpha value is -1.61. The zero-order chi connectivity index (χ0) is 12.1. The van der Waals surface area contributed by atoms with Crippen LogP contribution in [0.1, 0.15) is 6.42 Å². The molecule has 0 aliphatic rings. The summed E-state index contributed by atoms with van der Waals surface area (Å²) in [7, 11) is 4.10. The van der Waals surface area contributed by atoms with Crippen LogP contribution in [-0.4, -0.2) is 32.2 Å². The van der Waals surface area contributed by atoms with Crippen LogP contribution in [0.25, 0.3) is 10.9 Å². The summed E-state index contributed by atoms with van der Waals surface area (Å²) in [6.45, 7) is 2.09. The van der Waals surface area contributed by atoms with Gasteiger partial charge in [0.1, 0.15) is 0 Å². The van der Waals surface area contributed by atoms with E-state index in [-0.39, 0.29) is 0 Å². The highest BCUT2D eigenvalue weighted by molar-refractivity contribution is 5.81. The SMILES string of the molecule is CNCCCN(C)c1cnc2ccccc2c1. The first-order valence-electron chi connectivity index (χ1n) is 6.02. The van der Waals surface area contributed by atoms with Crippen molar-refractivity contribution in [3.8, 4) is 0 Å². The van der Waals surface area contributed by atoms with Crippen molar-refractivity contribution in [2.24, 2.45) is 0 Å². The Morgan fingerprint density at radius 2 is 2.12 bits per heavy atom. The summed E-state index contributed by atoms with van der Waals surface area (Å²) in [4.78, 5) is 6.72. The minimum atomic E-state index is 1.04. The lowest BCUT2D eigenvalue weighted by atomic mass is 10.2. The molecule has 0 fully saturated rings. The molecule has 0 amide bonds. The van der Waals surface area contributed by atoms with Crippen LogP contribution in [0.2, 0.25) is 0 Å². The normalized spacial score (nSPS) is 10.7. The quantitative estimate of drug-likeness (QED) is 0.797. The molecule has 3 heteroatoms. The minimum Gasteiger partial charge on any atom is -0.373 e. The molecule has 0 saturated heterocycles. The Morgan fingerprint density at radius 3 is 2.94 bits per heavy atom. The van der Waals surface area contributed by atoms with Gasteiger partial charge in [-0.1, -0.05) is 18.2 Å². The third kappa shape index (κ3) is 2.94. The van der Waals surface area contributed by atoms with Gasteiger partial charge in [0.2, 0.25) is 0 Å². The maximum Gasteiger partial charge on any atom is 0.0703 e. The Bertz CT molecular complexity index is 482. The largest absolute Gasteiger partial charge is 0.373 e. The predicted octanol–water partition coefficient (Wildman–Crippen LogP) is 2.28. The summed E-state index contributed by atoms with van der Waals surface area (Å²) in [5.74, 6) is 0. The maximum atomic E-state index is 4.47. The molecule has 0 bridgehead atoms. The summed E-state index contributed by atoms with van der Waals surface area (Å²) in [6, 6.07) is 10.4. The van der Waals surface area contributed by atoms with Gasteiger partial charge in [-0.25, -0.2) is 0 Å². The second-order valence-corrected chi connectivity index (χ2v) is 4.26. The van der Waals surface area contributed by atoms with Crippen molar-refractivity contribution < 1.29 is 0 Å². The van der Waals surface area contributed by atoms with Gasteiger partial charge < -0.3 is 10.2 Å². The first-order valence-corrected chi connectivity index (χ1v) is 6.02. The molecule has 1 aromatic heterocycles. The summed E-state index contributed by atoms with van der Waals surface area (Å²) in [5, 5.41) is 4.36. The number of nitrogens with one attached hydrogen (secondary N) is 1. The molecule has 2 aromatic rings. The number of hydrogen-bond donors (Lipinski definition) is 1. The van der Waals surface area contributed by atoms with Crippen molar-refractivity contribution in [1.29, 1.82) is 0 Å². The van der Waals surface area contributed by atoms with Gasteiger partial charge in [0.25, 0.3) is 0 Å². The first-order chi connectivity index (χ1) is 8.31. The van der Waals surface area contributed by atoms with Gasteiger partial charge in [-0.05, 0) is 32.1 Å². The molecule has 0 aliphatic heterocycles. The zero-order valence-electron chi connectivity index (χ0n) is 10.5. The van der Waals surface area contributed by atoms with Gasteiger partial charge >= 0.3 is 0 Å². The fraction of sp³-hybridized carbons (Fsp3) is 0.357. The molecular weight excluding hydrogens is 210 g/mol. The Morgan fingerprint density at radius 1 is 1.29 bits per heavy atom. The van der Waals surface area contributed by atoms with Crippen molar-refractivity contribution >= 4 is 16.6 Å². The van der Waals surface area contributed by atoms with Crippen LogP contribution in [-0.2, 0) is 0 Å². The van der Waals surface area contributed by atoms with Crippen LogP contribution in [0.5, 0.6) is 0 Å². The van der Waals surface area contributed by atoms with Crippen LogP contribution in [0.3, 0.4) is 0 Å². The van der Waals surface area contributed by atoms with Crippen molar-refractivity contribution in [2.75, 3.05) is 32.1 Å². The molecule has 90 valence electrons. The maximum absolute atomic E-state index is 4.47. The summed E-state index contributed by atoms with van der Waals surface area (Å²) in [5.41, 5.74) is 2.24. The van der Waals surface area contributed by atoms with Gasteiger partial charge in [0.15, 0.2) is 0 Å². The average Bonchev–Trinajstić information content (AvgIpc) is 2.38. The Kier molecular flexibility index (Phi) is 3.94. The molecule has 0 spiro atoms. The summed E-state index contributed by atoms with van der Waals surface area (Å²) >= 11 is 0. The predicted molar refractivity (Wildman–Crippen MR) is 73.6 cm³/mol. The van der Waals surface area contributed by atoms with Crippen LogP contribution in [0.15, 0.2) is 36.5 Å². The van der Waals surface area contributed by atoms with Gasteiger partial charge in [0, 0.05) is 19.0 Å². The number of hydrogen-bond acceptors (Lipinski definition) is 3. The van der Waals surface area contributed by atoms with Crippen LogP contribution >= 0.6 is 0 Å². The number of para-hydroxylation sites is 1. The summed E-state index contributed by atoms with van der Waals surface area (Å²) < 4.78 is 0. The monoisotopic (exact) mass is 229 g/mol. The number of rotatable bonds is 5. The number of pyridine rings is 1. The van der Waals surface area contributed by atoms with Crippen molar-refractivity contribution in [1.82, 2.24) is 10.3 Å². The molecule has 0 atom stereocenters. The molecule has 0 radical (unpaired) electrons. The molecule has 0 saturated carbocycles. The van der Waals surface area contributed by atoms with Gasteiger partial charge in [-0.15, -0.1) is 0 Å². The topological polar surface area (TPSA) is 28.2 Å². The van der Waals surface area contributed by atoms with E-state index in [0.717, 1.165) is 25.0 Å². The van der Waals surface area contributed by atoms with E-state index < -0.39 is 0 Å². The molecule has 0 aliphatic carbocycles. The summed E-state index contributed by atoms with van der Waals surface area (Å²) in [6.07, 6.45) is 3.08. The molecular formula is C14H19N3. The molecule has 1 N–H and O–H groups in total. The zero-order valence-corrected chi connectivity index (χ0v) is 10.5. The fourth-order valence-corrected chi connectivity index (χ4v) is 1.89. The van der Waals surface area contributed by atoms with E-state index in [1.165, 1.54) is 11.1 Å². The Balaban J connectivity index is 2.12. The minimum absolute atomic E-state index is 1.04. The van der Waals surface area contributed by atoms with E-state index in [2.05, 4.69) is 40.4 Å². The second-order valence-electron chi connectivity index (χ2n) is 4.26. The van der Waals surface area contributed by atoms with E-state index in [4.69, 9.17) is 0 Å². The highest BCUT2D eigenvalue weighted by Gasteiger charge is 2.02. The van der Waals surface area contributed by atoms with E-state index in [1.54, 1.807) is 0 Å². The van der Waals surface area contributed by atoms with E-state index in [0.29, 0.717) is 0 Å². The Labute approximate surface area is 102 Å². The third-order valence-corrected chi connectivity index (χ3v) is 2.94. The third-order valence-electron chi connectivity index (χ3n) is 2.94. The van der Waals surface area contributed by atoms with E-state index in [9.17, 15) is 0 Å². The van der Waals surface area contributed by atoms with Crippen molar-refractivity contribution in [2.45, 2.75) is 6.42 Å². The molecule has 3 nitrogen and oxygen atoms in total. The fourth-order valence-electron chi connectivity index (χ4n) is 1.89. The molecule has 17 heavy (non-hydrogen) atoms. The molecule has 2 rings (SSSR count). The first kappa shape index (κ1) is 11.9. The smallest absolute Gasteiger partial charge is 0.0703 e. The average molecular weight is 229 g/mol. The number of benzene rings is 1. The van der Waals surface area contributed by atoms with Gasteiger partial charge in [-0.3, -0.25) is 4.98 Å². The second kappa shape index (κ2) is 5.64. The number of fused-ring (bicyclic) bond motifs is 1. The number of anilines is 1. The van der Waals surface area contributed by atoms with E-state index in [1.807, 2.05) is 25.4 Å². The lowest BCUT2D eigenvalue weighted by molar-refractivity contribution is 0.712. The highest BCUT2D eigenvalue weighted by Crippen LogP contribution is 2.18. The van der Waals surface area contributed by atoms with Crippen molar-refractivity contribution in [3.05, 3.63) is 36.5 Å². The molecule has 1 heterocycles. The molecule has 1 aromatic carbocycles. The van der Waals surface area contributed by atoms with Crippen molar-refractivity contribution in [3.63, 3.8) is 0 Å². The highest BCUT2D eigenvalue weighted by atomic mass is 15.1. The number of nitrogens with zero attached hydrogens (tertiary/aromatic N) is 2.